The van der Waals surface area contributed by atoms with E-state index < -0.39 is 0 Å². The number of nitrogens with one attached hydrogen (secondary N) is 1. The number of aromatic nitrogens is 1. The van der Waals surface area contributed by atoms with E-state index in [0.717, 1.165) is 36.0 Å². The van der Waals surface area contributed by atoms with Gasteiger partial charge in [0.25, 0.3) is 0 Å². The molecule has 0 fully saturated rings. The van der Waals surface area contributed by atoms with Crippen LogP contribution in [-0.4, -0.2) is 18.1 Å². The second kappa shape index (κ2) is 4.51. The third kappa shape index (κ3) is 1.99. The molecule has 2 aliphatic heterocycles. The molecule has 1 aromatic carbocycles. The summed E-state index contributed by atoms with van der Waals surface area (Å²) in [7, 11) is 0. The van der Waals surface area contributed by atoms with Crippen molar-refractivity contribution >= 4 is 11.3 Å². The molecule has 19 heavy (non-hydrogen) atoms. The van der Waals surface area contributed by atoms with Crippen LogP contribution >= 0.6 is 11.3 Å². The Balaban J connectivity index is 1.62. The van der Waals surface area contributed by atoms with E-state index in [2.05, 4.69) is 5.32 Å². The van der Waals surface area contributed by atoms with Gasteiger partial charge in [-0.25, -0.2) is 4.98 Å². The smallest absolute Gasteiger partial charge is 0.184 e. The Morgan fingerprint density at radius 1 is 1.26 bits per heavy atom. The lowest BCUT2D eigenvalue weighted by Gasteiger charge is -2.24. The molecule has 3 heterocycles. The summed E-state index contributed by atoms with van der Waals surface area (Å²) in [6.07, 6.45) is 0.932. The fourth-order valence-electron chi connectivity index (χ4n) is 2.42. The lowest BCUT2D eigenvalue weighted by Crippen LogP contribution is -2.22. The fraction of sp³-hybridized carbons (Fsp3) is 0.357. The quantitative estimate of drug-likeness (QED) is 0.866. The first-order valence-corrected chi connectivity index (χ1v) is 7.29. The Morgan fingerprint density at radius 3 is 3.05 bits per heavy atom. The predicted molar refractivity (Wildman–Crippen MR) is 72.8 cm³/mol. The summed E-state index contributed by atoms with van der Waals surface area (Å²) in [4.78, 5) is 6.06. The van der Waals surface area contributed by atoms with Crippen molar-refractivity contribution in [1.29, 1.82) is 0 Å². The summed E-state index contributed by atoms with van der Waals surface area (Å²) in [6, 6.07) is 7.79. The third-order valence-electron chi connectivity index (χ3n) is 3.40. The van der Waals surface area contributed by atoms with E-state index in [1.807, 2.05) is 24.3 Å². The number of benzene rings is 1. The van der Waals surface area contributed by atoms with Crippen molar-refractivity contribution in [3.63, 3.8) is 0 Å². The van der Waals surface area contributed by atoms with Crippen molar-refractivity contribution in [2.24, 2.45) is 0 Å². The number of para-hydroxylation sites is 2. The molecule has 2 aromatic rings. The molecule has 4 nitrogen and oxygen atoms in total. The average molecular weight is 274 g/mol. The summed E-state index contributed by atoms with van der Waals surface area (Å²) in [5.41, 5.74) is 1.22. The summed E-state index contributed by atoms with van der Waals surface area (Å²) in [5.74, 6) is 1.63. The molecule has 2 aliphatic rings. The Morgan fingerprint density at radius 2 is 2.16 bits per heavy atom. The van der Waals surface area contributed by atoms with Crippen LogP contribution in [0.2, 0.25) is 0 Å². The normalized spacial score (nSPS) is 20.9. The van der Waals surface area contributed by atoms with Gasteiger partial charge >= 0.3 is 0 Å². The van der Waals surface area contributed by atoms with Gasteiger partial charge in [0.1, 0.15) is 11.6 Å². The van der Waals surface area contributed by atoms with Crippen LogP contribution in [0.15, 0.2) is 24.3 Å². The number of fused-ring (bicyclic) bond motifs is 2. The van der Waals surface area contributed by atoms with Gasteiger partial charge in [-0.2, -0.15) is 0 Å². The molecule has 0 saturated heterocycles. The Hall–Kier alpha value is -1.59. The van der Waals surface area contributed by atoms with E-state index >= 15 is 0 Å². The molecular formula is C14H14N2O2S. The zero-order valence-corrected chi connectivity index (χ0v) is 11.2. The lowest BCUT2D eigenvalue weighted by atomic mass is 10.2. The standard InChI is InChI=1S/C14H14N2O2S/c1-2-4-11-10(3-1)17-8-12(18-11)14-16-9-5-6-15-7-13(9)19-14/h1-4,12,15H,5-8H2. The molecule has 4 rings (SSSR count). The first kappa shape index (κ1) is 11.3. The Kier molecular flexibility index (Phi) is 2.67. The molecule has 0 spiro atoms. The average Bonchev–Trinajstić information content (AvgIpc) is 2.90. The fourth-order valence-corrected chi connectivity index (χ4v) is 3.52. The molecule has 5 heteroatoms. The maximum Gasteiger partial charge on any atom is 0.184 e. The summed E-state index contributed by atoms with van der Waals surface area (Å²) in [5, 5.41) is 4.40. The molecule has 0 radical (unpaired) electrons. The van der Waals surface area contributed by atoms with Gasteiger partial charge in [0, 0.05) is 24.4 Å². The van der Waals surface area contributed by atoms with Crippen LogP contribution in [0, 0.1) is 0 Å². The molecule has 0 bridgehead atoms. The topological polar surface area (TPSA) is 43.4 Å². The minimum atomic E-state index is -0.0782. The Bertz CT molecular complexity index is 588. The van der Waals surface area contributed by atoms with Crippen molar-refractivity contribution < 1.29 is 9.47 Å². The van der Waals surface area contributed by atoms with E-state index in [-0.39, 0.29) is 6.10 Å². The van der Waals surface area contributed by atoms with E-state index in [1.165, 1.54) is 10.6 Å². The molecule has 0 amide bonds. The van der Waals surface area contributed by atoms with Crippen LogP contribution in [0.5, 0.6) is 11.5 Å². The van der Waals surface area contributed by atoms with Gasteiger partial charge < -0.3 is 14.8 Å². The monoisotopic (exact) mass is 274 g/mol. The first-order valence-electron chi connectivity index (χ1n) is 6.48. The zero-order chi connectivity index (χ0) is 12.7. The number of hydrogen-bond acceptors (Lipinski definition) is 5. The van der Waals surface area contributed by atoms with Crippen LogP contribution in [0.4, 0.5) is 0 Å². The van der Waals surface area contributed by atoms with Gasteiger partial charge in [0.15, 0.2) is 17.6 Å². The Labute approximate surface area is 115 Å². The number of rotatable bonds is 1. The van der Waals surface area contributed by atoms with Crippen LogP contribution in [0.3, 0.4) is 0 Å². The van der Waals surface area contributed by atoms with Crippen molar-refractivity contribution in [3.8, 4) is 11.5 Å². The number of hydrogen-bond donors (Lipinski definition) is 1. The van der Waals surface area contributed by atoms with Crippen molar-refractivity contribution in [1.82, 2.24) is 10.3 Å². The first-order chi connectivity index (χ1) is 9.40. The van der Waals surface area contributed by atoms with Crippen molar-refractivity contribution in [2.45, 2.75) is 19.1 Å². The highest BCUT2D eigenvalue weighted by Crippen LogP contribution is 2.37. The molecule has 1 N–H and O–H groups in total. The van der Waals surface area contributed by atoms with E-state index in [0.29, 0.717) is 6.61 Å². The predicted octanol–water partition coefficient (Wildman–Crippen LogP) is 2.30. The van der Waals surface area contributed by atoms with E-state index in [1.54, 1.807) is 11.3 Å². The summed E-state index contributed by atoms with van der Waals surface area (Å²) in [6.45, 7) is 2.48. The molecule has 1 unspecified atom stereocenters. The SMILES string of the molecule is c1ccc2c(c1)OCC(c1nc3c(s1)CNCC3)O2. The molecule has 0 saturated carbocycles. The van der Waals surface area contributed by atoms with Gasteiger partial charge in [0.05, 0.1) is 5.69 Å². The highest BCUT2D eigenvalue weighted by Gasteiger charge is 2.27. The molecule has 98 valence electrons. The third-order valence-corrected chi connectivity index (χ3v) is 4.59. The largest absolute Gasteiger partial charge is 0.485 e. The second-order valence-corrected chi connectivity index (χ2v) is 5.83. The van der Waals surface area contributed by atoms with Crippen LogP contribution < -0.4 is 14.8 Å². The van der Waals surface area contributed by atoms with Gasteiger partial charge in [-0.05, 0) is 12.1 Å². The van der Waals surface area contributed by atoms with Gasteiger partial charge in [-0.1, -0.05) is 12.1 Å². The second-order valence-electron chi connectivity index (χ2n) is 4.71. The van der Waals surface area contributed by atoms with Gasteiger partial charge in [0.2, 0.25) is 0 Å². The van der Waals surface area contributed by atoms with Crippen LogP contribution in [0.1, 0.15) is 21.7 Å². The van der Waals surface area contributed by atoms with Gasteiger partial charge in [-0.3, -0.25) is 0 Å². The van der Waals surface area contributed by atoms with Crippen molar-refractivity contribution in [3.05, 3.63) is 39.8 Å². The number of ether oxygens (including phenoxy) is 2. The number of nitrogens with zero attached hydrogens (tertiary/aromatic N) is 1. The molecule has 1 aromatic heterocycles. The molecular weight excluding hydrogens is 260 g/mol. The molecule has 0 aliphatic carbocycles. The lowest BCUT2D eigenvalue weighted by molar-refractivity contribution is 0.0910. The van der Waals surface area contributed by atoms with Gasteiger partial charge in [-0.15, -0.1) is 11.3 Å². The van der Waals surface area contributed by atoms with Crippen LogP contribution in [-0.2, 0) is 13.0 Å². The highest BCUT2D eigenvalue weighted by molar-refractivity contribution is 7.11. The van der Waals surface area contributed by atoms with Crippen LogP contribution in [0.25, 0.3) is 0 Å². The molecule has 1 atom stereocenters. The zero-order valence-electron chi connectivity index (χ0n) is 10.4. The number of thiazole rings is 1. The maximum atomic E-state index is 6.00. The minimum absolute atomic E-state index is 0.0782. The van der Waals surface area contributed by atoms with Crippen molar-refractivity contribution in [2.75, 3.05) is 13.2 Å². The summed E-state index contributed by atoms with van der Waals surface area (Å²) < 4.78 is 11.7. The summed E-state index contributed by atoms with van der Waals surface area (Å²) >= 11 is 1.74. The highest BCUT2D eigenvalue weighted by atomic mass is 32.1. The van der Waals surface area contributed by atoms with E-state index in [4.69, 9.17) is 14.5 Å². The maximum absolute atomic E-state index is 6.00. The minimum Gasteiger partial charge on any atom is -0.485 e. The van der Waals surface area contributed by atoms with E-state index in [9.17, 15) is 0 Å².